The van der Waals surface area contributed by atoms with Gasteiger partial charge >= 0.3 is 5.97 Å². The first-order valence-corrected chi connectivity index (χ1v) is 10.9. The number of ether oxygens (including phenoxy) is 1. The van der Waals surface area contributed by atoms with Crippen LogP contribution in [0.3, 0.4) is 0 Å². The van der Waals surface area contributed by atoms with Crippen molar-refractivity contribution < 1.29 is 23.1 Å². The van der Waals surface area contributed by atoms with Gasteiger partial charge in [-0.1, -0.05) is 41.9 Å². The summed E-state index contributed by atoms with van der Waals surface area (Å²) in [6, 6.07) is 17.6. The number of rotatable bonds is 5. The number of fused-ring (bicyclic) bond motifs is 1. The van der Waals surface area contributed by atoms with E-state index in [9.17, 15) is 13.2 Å². The fraction of sp³-hybridized carbons (Fsp3) is 0.0476. The number of benzene rings is 3. The van der Waals surface area contributed by atoms with Gasteiger partial charge in [-0.15, -0.1) is 0 Å². The highest BCUT2D eigenvalue weighted by Crippen LogP contribution is 2.38. The van der Waals surface area contributed by atoms with Crippen molar-refractivity contribution in [3.63, 3.8) is 0 Å². The highest BCUT2D eigenvalue weighted by molar-refractivity contribution is 7.90. The largest absolute Gasteiger partial charge is 0.478 e. The fourth-order valence-corrected chi connectivity index (χ4v) is 4.24. The molecule has 0 atom stereocenters. The first kappa shape index (κ1) is 20.7. The molecule has 1 heterocycles. The Morgan fingerprint density at radius 1 is 1.00 bits per heavy atom. The molecule has 3 N–H and O–H groups in total. The Kier molecular flexibility index (Phi) is 5.53. The molecule has 0 aliphatic carbocycles. The predicted octanol–water partition coefficient (Wildman–Crippen LogP) is 4.09. The number of aliphatic imine (C=N–C) groups is 1. The fourth-order valence-electron chi connectivity index (χ4n) is 2.91. The SMILES string of the molecule is O=C(O)c1ccc(CN=C2Nc3c(Oc4ccccc4Cl)cccc3S(=O)(=O)N2)cc1. The van der Waals surface area contributed by atoms with Gasteiger partial charge in [0, 0.05) is 0 Å². The number of sulfonamides is 1. The second kappa shape index (κ2) is 8.29. The second-order valence-electron chi connectivity index (χ2n) is 6.56. The van der Waals surface area contributed by atoms with E-state index in [-0.39, 0.29) is 34.4 Å². The van der Waals surface area contributed by atoms with E-state index in [0.717, 1.165) is 0 Å². The topological polar surface area (TPSA) is 117 Å². The van der Waals surface area contributed by atoms with E-state index >= 15 is 0 Å². The maximum absolute atomic E-state index is 12.7. The van der Waals surface area contributed by atoms with Gasteiger partial charge in [-0.3, -0.25) is 0 Å². The van der Waals surface area contributed by atoms with E-state index in [0.29, 0.717) is 16.3 Å². The zero-order chi connectivity index (χ0) is 22.0. The molecule has 158 valence electrons. The number of anilines is 1. The smallest absolute Gasteiger partial charge is 0.335 e. The molecule has 10 heteroatoms. The van der Waals surface area contributed by atoms with E-state index in [1.807, 2.05) is 0 Å². The van der Waals surface area contributed by atoms with Crippen molar-refractivity contribution in [1.82, 2.24) is 4.72 Å². The van der Waals surface area contributed by atoms with Crippen LogP contribution in [0.2, 0.25) is 5.02 Å². The normalized spacial score (nSPS) is 15.5. The third-order valence-corrected chi connectivity index (χ3v) is 6.12. The molecule has 0 amide bonds. The van der Waals surface area contributed by atoms with E-state index < -0.39 is 16.0 Å². The van der Waals surface area contributed by atoms with Gasteiger partial charge in [-0.05, 0) is 42.0 Å². The van der Waals surface area contributed by atoms with Crippen molar-refractivity contribution in [2.45, 2.75) is 11.4 Å². The number of carboxylic acids is 1. The minimum Gasteiger partial charge on any atom is -0.478 e. The molecule has 0 bridgehead atoms. The maximum atomic E-state index is 12.7. The summed E-state index contributed by atoms with van der Waals surface area (Å²) < 4.78 is 33.7. The molecule has 0 fully saturated rings. The summed E-state index contributed by atoms with van der Waals surface area (Å²) in [5, 5.41) is 12.3. The van der Waals surface area contributed by atoms with Crippen LogP contribution in [0.5, 0.6) is 11.5 Å². The molecule has 4 rings (SSSR count). The minimum absolute atomic E-state index is 0.0156. The Bertz CT molecular complexity index is 1290. The van der Waals surface area contributed by atoms with Crippen LogP contribution in [0.15, 0.2) is 76.6 Å². The van der Waals surface area contributed by atoms with Crippen LogP contribution in [0, 0.1) is 0 Å². The monoisotopic (exact) mass is 457 g/mol. The summed E-state index contributed by atoms with van der Waals surface area (Å²) in [4.78, 5) is 15.2. The molecule has 0 saturated heterocycles. The molecule has 0 spiro atoms. The zero-order valence-electron chi connectivity index (χ0n) is 15.9. The van der Waals surface area contributed by atoms with Crippen molar-refractivity contribution in [2.24, 2.45) is 4.99 Å². The molecule has 3 aromatic rings. The van der Waals surface area contributed by atoms with Crippen LogP contribution in [-0.4, -0.2) is 25.5 Å². The predicted molar refractivity (Wildman–Crippen MR) is 116 cm³/mol. The number of guanidine groups is 1. The molecule has 0 aromatic heterocycles. The molecule has 31 heavy (non-hydrogen) atoms. The lowest BCUT2D eigenvalue weighted by Crippen LogP contribution is -2.40. The Labute approximate surface area is 183 Å². The average Bonchev–Trinajstić information content (AvgIpc) is 2.74. The number of para-hydroxylation sites is 2. The van der Waals surface area contributed by atoms with Gasteiger partial charge in [0.25, 0.3) is 10.0 Å². The van der Waals surface area contributed by atoms with E-state index in [2.05, 4.69) is 15.0 Å². The molecule has 0 radical (unpaired) electrons. The van der Waals surface area contributed by atoms with Crippen molar-refractivity contribution in [3.8, 4) is 11.5 Å². The van der Waals surface area contributed by atoms with Crippen LogP contribution in [0.4, 0.5) is 5.69 Å². The second-order valence-corrected chi connectivity index (χ2v) is 8.62. The van der Waals surface area contributed by atoms with Gasteiger partial charge in [0.05, 0.1) is 17.1 Å². The van der Waals surface area contributed by atoms with E-state index in [1.54, 1.807) is 48.5 Å². The number of aromatic carboxylic acids is 1. The molecule has 1 aliphatic rings. The summed E-state index contributed by atoms with van der Waals surface area (Å²) in [6.45, 7) is 0.133. The number of hydrogen-bond acceptors (Lipinski definition) is 5. The van der Waals surface area contributed by atoms with Crippen LogP contribution in [0.25, 0.3) is 0 Å². The van der Waals surface area contributed by atoms with Gasteiger partial charge in [-0.25, -0.2) is 22.9 Å². The van der Waals surface area contributed by atoms with Gasteiger partial charge in [0.1, 0.15) is 16.3 Å². The minimum atomic E-state index is -3.87. The lowest BCUT2D eigenvalue weighted by molar-refractivity contribution is 0.0697. The average molecular weight is 458 g/mol. The quantitative estimate of drug-likeness (QED) is 0.531. The van der Waals surface area contributed by atoms with Gasteiger partial charge in [-0.2, -0.15) is 0 Å². The number of nitrogens with zero attached hydrogens (tertiary/aromatic N) is 1. The van der Waals surface area contributed by atoms with E-state index in [1.165, 1.54) is 18.2 Å². The van der Waals surface area contributed by atoms with Gasteiger partial charge in [0.2, 0.25) is 5.96 Å². The van der Waals surface area contributed by atoms with Gasteiger partial charge < -0.3 is 15.2 Å². The Morgan fingerprint density at radius 2 is 1.71 bits per heavy atom. The molecule has 0 unspecified atom stereocenters. The summed E-state index contributed by atoms with van der Waals surface area (Å²) >= 11 is 6.15. The Morgan fingerprint density at radius 3 is 2.42 bits per heavy atom. The van der Waals surface area contributed by atoms with Crippen LogP contribution in [-0.2, 0) is 16.6 Å². The molecule has 3 aromatic carbocycles. The molecule has 0 saturated carbocycles. The van der Waals surface area contributed by atoms with Crippen molar-refractivity contribution in [1.29, 1.82) is 0 Å². The van der Waals surface area contributed by atoms with Crippen molar-refractivity contribution >= 4 is 39.2 Å². The molecular weight excluding hydrogens is 442 g/mol. The highest BCUT2D eigenvalue weighted by Gasteiger charge is 2.29. The first-order chi connectivity index (χ1) is 14.8. The van der Waals surface area contributed by atoms with E-state index in [4.69, 9.17) is 21.4 Å². The summed E-state index contributed by atoms with van der Waals surface area (Å²) in [7, 11) is -3.87. The first-order valence-electron chi connectivity index (χ1n) is 9.05. The lowest BCUT2D eigenvalue weighted by atomic mass is 10.1. The van der Waals surface area contributed by atoms with Crippen LogP contribution in [0.1, 0.15) is 15.9 Å². The third-order valence-electron chi connectivity index (χ3n) is 4.43. The number of hydrogen-bond donors (Lipinski definition) is 3. The number of halogens is 1. The number of nitrogens with one attached hydrogen (secondary N) is 2. The Hall–Kier alpha value is -3.56. The molecule has 8 nitrogen and oxygen atoms in total. The molecular formula is C21H16ClN3O5S. The zero-order valence-corrected chi connectivity index (χ0v) is 17.4. The molecule has 1 aliphatic heterocycles. The number of carboxylic acid groups (broad SMARTS) is 1. The third kappa shape index (κ3) is 4.47. The van der Waals surface area contributed by atoms with Crippen LogP contribution < -0.4 is 14.8 Å². The maximum Gasteiger partial charge on any atom is 0.335 e. The van der Waals surface area contributed by atoms with Gasteiger partial charge in [0.15, 0.2) is 5.75 Å². The number of carbonyl (C=O) groups is 1. The van der Waals surface area contributed by atoms with Crippen molar-refractivity contribution in [3.05, 3.63) is 82.9 Å². The summed E-state index contributed by atoms with van der Waals surface area (Å²) in [5.74, 6) is -0.353. The van der Waals surface area contributed by atoms with Crippen LogP contribution >= 0.6 is 11.6 Å². The lowest BCUT2D eigenvalue weighted by Gasteiger charge is -2.23. The summed E-state index contributed by atoms with van der Waals surface area (Å²) in [6.07, 6.45) is 0. The Balaban J connectivity index is 1.63. The standard InChI is InChI=1S/C21H16ClN3O5S/c22-15-4-1-2-5-16(15)30-17-6-3-7-18-19(17)24-21(25-31(18,28)29)23-12-13-8-10-14(11-9-13)20(26)27/h1-11H,12H2,(H,26,27)(H2,23,24,25). The highest BCUT2D eigenvalue weighted by atomic mass is 35.5. The summed E-state index contributed by atoms with van der Waals surface area (Å²) in [5.41, 5.74) is 1.11. The van der Waals surface area contributed by atoms with Crippen molar-refractivity contribution in [2.75, 3.05) is 5.32 Å².